The number of benzene rings is 2. The van der Waals surface area contributed by atoms with Gasteiger partial charge in [0.15, 0.2) is 0 Å². The molecule has 0 aromatic heterocycles. The van der Waals surface area contributed by atoms with Crippen LogP contribution in [0.4, 0.5) is 5.69 Å². The van der Waals surface area contributed by atoms with Gasteiger partial charge < -0.3 is 5.32 Å². The van der Waals surface area contributed by atoms with Crippen molar-refractivity contribution in [2.75, 3.05) is 5.32 Å². The minimum absolute atomic E-state index is 0.407. The zero-order valence-corrected chi connectivity index (χ0v) is 10.6. The first-order valence-electron chi connectivity index (χ1n) is 6.73. The lowest BCUT2D eigenvalue weighted by atomic mass is 9.90. The highest BCUT2D eigenvalue weighted by Crippen LogP contribution is 2.44. The number of hydrogen-bond donors (Lipinski definition) is 1. The lowest BCUT2D eigenvalue weighted by Gasteiger charge is -2.15. The van der Waals surface area contributed by atoms with E-state index in [1.165, 1.54) is 22.4 Å². The molecule has 1 nitrogen and oxygen atoms in total. The Balaban J connectivity index is 1.87. The fraction of sp³-hybridized carbons (Fsp3) is 0.111. The second-order valence-electron chi connectivity index (χ2n) is 5.10. The van der Waals surface area contributed by atoms with Crippen molar-refractivity contribution < 1.29 is 0 Å². The van der Waals surface area contributed by atoms with Gasteiger partial charge in [-0.05, 0) is 11.1 Å². The van der Waals surface area contributed by atoms with Gasteiger partial charge in [-0.3, -0.25) is 0 Å². The fourth-order valence-electron chi connectivity index (χ4n) is 3.08. The molecule has 1 aliphatic carbocycles. The summed E-state index contributed by atoms with van der Waals surface area (Å²) in [7, 11) is 0. The van der Waals surface area contributed by atoms with Gasteiger partial charge in [0, 0.05) is 17.2 Å². The summed E-state index contributed by atoms with van der Waals surface area (Å²) in [6, 6.07) is 17.6. The summed E-state index contributed by atoms with van der Waals surface area (Å²) in [5, 5.41) is 3.67. The maximum absolute atomic E-state index is 3.67. The van der Waals surface area contributed by atoms with Gasteiger partial charge in [0.1, 0.15) is 0 Å². The summed E-state index contributed by atoms with van der Waals surface area (Å²) in [5.41, 5.74) is 5.28. The molecule has 2 aliphatic rings. The molecule has 0 bridgehead atoms. The van der Waals surface area contributed by atoms with Gasteiger partial charge >= 0.3 is 0 Å². The van der Waals surface area contributed by atoms with Gasteiger partial charge in [0.2, 0.25) is 0 Å². The highest BCUT2D eigenvalue weighted by molar-refractivity contribution is 5.83. The summed E-state index contributed by atoms with van der Waals surface area (Å²) in [5.74, 6) is 0.476. The van der Waals surface area contributed by atoms with Crippen LogP contribution < -0.4 is 5.32 Å². The van der Waals surface area contributed by atoms with Crippen LogP contribution in [-0.4, -0.2) is 6.04 Å². The Bertz CT molecular complexity index is 667. The number of para-hydroxylation sites is 1. The van der Waals surface area contributed by atoms with E-state index in [2.05, 4.69) is 78.2 Å². The molecular weight excluding hydrogens is 230 g/mol. The molecule has 2 aromatic rings. The predicted molar refractivity (Wildman–Crippen MR) is 80.3 cm³/mol. The summed E-state index contributed by atoms with van der Waals surface area (Å²) >= 11 is 0. The third-order valence-electron chi connectivity index (χ3n) is 3.99. The van der Waals surface area contributed by atoms with E-state index < -0.39 is 0 Å². The lowest BCUT2D eigenvalue weighted by Crippen LogP contribution is -2.17. The maximum Gasteiger partial charge on any atom is 0.0552 e. The zero-order chi connectivity index (χ0) is 12.7. The van der Waals surface area contributed by atoms with Crippen molar-refractivity contribution in [3.05, 3.63) is 78.4 Å². The number of fused-ring (bicyclic) bond motifs is 3. The van der Waals surface area contributed by atoms with Crippen LogP contribution in [0.25, 0.3) is 11.1 Å². The van der Waals surface area contributed by atoms with E-state index in [4.69, 9.17) is 0 Å². The largest absolute Gasteiger partial charge is 0.377 e. The first-order chi connectivity index (χ1) is 9.43. The molecule has 1 heterocycles. The number of nitrogens with one attached hydrogen (secondary N) is 1. The molecule has 2 unspecified atom stereocenters. The third kappa shape index (κ3) is 1.62. The van der Waals surface area contributed by atoms with Gasteiger partial charge in [-0.1, -0.05) is 72.8 Å². The molecule has 19 heavy (non-hydrogen) atoms. The van der Waals surface area contributed by atoms with Crippen LogP contribution >= 0.6 is 0 Å². The quantitative estimate of drug-likeness (QED) is 0.787. The van der Waals surface area contributed by atoms with E-state index >= 15 is 0 Å². The smallest absolute Gasteiger partial charge is 0.0552 e. The van der Waals surface area contributed by atoms with Gasteiger partial charge in [-0.2, -0.15) is 0 Å². The second-order valence-corrected chi connectivity index (χ2v) is 5.10. The van der Waals surface area contributed by atoms with Gasteiger partial charge in [0.25, 0.3) is 0 Å². The van der Waals surface area contributed by atoms with Crippen LogP contribution in [0.1, 0.15) is 11.5 Å². The number of anilines is 1. The number of allylic oxidation sites excluding steroid dienone is 2. The highest BCUT2D eigenvalue weighted by atomic mass is 15.0. The van der Waals surface area contributed by atoms with Crippen molar-refractivity contribution in [3.8, 4) is 11.1 Å². The van der Waals surface area contributed by atoms with E-state index in [9.17, 15) is 0 Å². The first-order valence-corrected chi connectivity index (χ1v) is 6.73. The molecule has 0 amide bonds. The summed E-state index contributed by atoms with van der Waals surface area (Å²) in [4.78, 5) is 0. The van der Waals surface area contributed by atoms with E-state index in [1.807, 2.05) is 0 Å². The lowest BCUT2D eigenvalue weighted by molar-refractivity contribution is 0.805. The summed E-state index contributed by atoms with van der Waals surface area (Å²) in [6.07, 6.45) is 8.81. The Morgan fingerprint density at radius 2 is 1.63 bits per heavy atom. The monoisotopic (exact) mass is 245 g/mol. The Morgan fingerprint density at radius 1 is 0.789 bits per heavy atom. The van der Waals surface area contributed by atoms with Crippen LogP contribution in [0.5, 0.6) is 0 Å². The van der Waals surface area contributed by atoms with E-state index in [1.54, 1.807) is 0 Å². The first kappa shape index (κ1) is 10.6. The number of rotatable bonds is 1. The Kier molecular flexibility index (Phi) is 2.31. The minimum Gasteiger partial charge on any atom is -0.377 e. The van der Waals surface area contributed by atoms with Crippen molar-refractivity contribution in [1.82, 2.24) is 0 Å². The molecule has 2 atom stereocenters. The molecule has 0 radical (unpaired) electrons. The molecule has 4 rings (SSSR count). The van der Waals surface area contributed by atoms with Crippen molar-refractivity contribution in [1.29, 1.82) is 0 Å². The van der Waals surface area contributed by atoms with Gasteiger partial charge in [-0.15, -0.1) is 0 Å². The molecule has 0 fully saturated rings. The molecular formula is C18H15N. The average molecular weight is 245 g/mol. The highest BCUT2D eigenvalue weighted by Gasteiger charge is 2.31. The van der Waals surface area contributed by atoms with E-state index in [0.29, 0.717) is 12.0 Å². The minimum atomic E-state index is 0.407. The molecule has 1 N–H and O–H groups in total. The maximum atomic E-state index is 3.67. The van der Waals surface area contributed by atoms with E-state index in [-0.39, 0.29) is 0 Å². The summed E-state index contributed by atoms with van der Waals surface area (Å²) in [6.45, 7) is 0. The van der Waals surface area contributed by atoms with Crippen molar-refractivity contribution in [3.63, 3.8) is 0 Å². The molecule has 2 aromatic carbocycles. The fourth-order valence-corrected chi connectivity index (χ4v) is 3.08. The third-order valence-corrected chi connectivity index (χ3v) is 3.99. The number of hydrogen-bond acceptors (Lipinski definition) is 1. The van der Waals surface area contributed by atoms with Crippen molar-refractivity contribution in [2.45, 2.75) is 12.0 Å². The Hall–Kier alpha value is -2.28. The normalized spacial score (nSPS) is 22.7. The average Bonchev–Trinajstić information content (AvgIpc) is 2.87. The Morgan fingerprint density at radius 3 is 2.53 bits per heavy atom. The van der Waals surface area contributed by atoms with Crippen LogP contribution in [0.3, 0.4) is 0 Å². The van der Waals surface area contributed by atoms with Crippen LogP contribution in [0.15, 0.2) is 72.8 Å². The Labute approximate surface area is 113 Å². The van der Waals surface area contributed by atoms with Crippen molar-refractivity contribution in [2.24, 2.45) is 0 Å². The van der Waals surface area contributed by atoms with Gasteiger partial charge in [-0.25, -0.2) is 0 Å². The zero-order valence-electron chi connectivity index (χ0n) is 10.6. The SMILES string of the molecule is C1=CC2Nc3c(-c4ccccc4)cccc3C2C=C1. The molecule has 0 saturated carbocycles. The standard InChI is InChI=1S/C18H15N/c1-2-7-13(8-3-1)14-10-6-11-16-15-9-4-5-12-17(15)19-18(14)16/h1-12,15,17,19H. The molecule has 0 saturated heterocycles. The van der Waals surface area contributed by atoms with Crippen LogP contribution in [0.2, 0.25) is 0 Å². The van der Waals surface area contributed by atoms with Gasteiger partial charge in [0.05, 0.1) is 6.04 Å². The molecule has 1 aliphatic heterocycles. The second kappa shape index (κ2) is 4.13. The topological polar surface area (TPSA) is 12.0 Å². The van der Waals surface area contributed by atoms with Crippen LogP contribution in [0, 0.1) is 0 Å². The van der Waals surface area contributed by atoms with Crippen LogP contribution in [-0.2, 0) is 0 Å². The predicted octanol–water partition coefficient (Wildman–Crippen LogP) is 4.36. The molecule has 0 spiro atoms. The van der Waals surface area contributed by atoms with E-state index in [0.717, 1.165) is 0 Å². The molecule has 92 valence electrons. The molecule has 1 heteroatoms. The summed E-state index contributed by atoms with van der Waals surface area (Å²) < 4.78 is 0. The van der Waals surface area contributed by atoms with Crippen molar-refractivity contribution >= 4 is 5.69 Å².